The lowest BCUT2D eigenvalue weighted by Crippen LogP contribution is -2.37. The van der Waals surface area contributed by atoms with Gasteiger partial charge in [-0.15, -0.1) is 0 Å². The Morgan fingerprint density at radius 1 is 1.40 bits per heavy atom. The van der Waals surface area contributed by atoms with Gasteiger partial charge in [-0.2, -0.15) is 0 Å². The number of benzene rings is 1. The smallest absolute Gasteiger partial charge is 0.278 e. The maximum atomic E-state index is 12.5. The third kappa shape index (κ3) is 1.95. The van der Waals surface area contributed by atoms with E-state index in [0.29, 0.717) is 24.4 Å². The lowest BCUT2D eigenvalue weighted by atomic mass is 9.99. The molecule has 6 heteroatoms. The molecule has 1 N–H and O–H groups in total. The van der Waals surface area contributed by atoms with Crippen LogP contribution in [0.1, 0.15) is 22.5 Å². The Hall–Kier alpha value is -2.63. The molecule has 1 aliphatic heterocycles. The topological polar surface area (TPSA) is 70.7 Å². The van der Waals surface area contributed by atoms with Crippen LogP contribution in [0, 0.1) is 0 Å². The number of imidazole rings is 1. The molecule has 0 unspecified atom stereocenters. The second kappa shape index (κ2) is 4.80. The molecule has 3 rings (SSSR count). The second-order valence-electron chi connectivity index (χ2n) is 4.70. The predicted octanol–water partition coefficient (Wildman–Crippen LogP) is 1.65. The molecule has 0 radical (unpaired) electrons. The van der Waals surface area contributed by atoms with Gasteiger partial charge in [0.15, 0.2) is 0 Å². The molecule has 0 aliphatic carbocycles. The summed E-state index contributed by atoms with van der Waals surface area (Å²) in [5.41, 5.74) is 2.55. The van der Waals surface area contributed by atoms with Gasteiger partial charge in [-0.3, -0.25) is 4.79 Å². The quantitative estimate of drug-likeness (QED) is 0.632. The van der Waals surface area contributed by atoms with E-state index in [9.17, 15) is 4.79 Å². The molecule has 1 aliphatic rings. The summed E-state index contributed by atoms with van der Waals surface area (Å²) in [5, 5.41) is 12.4. The molecule has 0 atom stereocenters. The van der Waals surface area contributed by atoms with Crippen molar-refractivity contribution < 1.29 is 10.0 Å². The van der Waals surface area contributed by atoms with E-state index in [2.05, 4.69) is 10.1 Å². The number of hydrogen-bond acceptors (Lipinski definition) is 4. The Kier molecular flexibility index (Phi) is 2.98. The first-order valence-corrected chi connectivity index (χ1v) is 6.31. The van der Waals surface area contributed by atoms with Gasteiger partial charge in [-0.25, -0.2) is 4.98 Å². The zero-order chi connectivity index (χ0) is 14.1. The lowest BCUT2D eigenvalue weighted by Gasteiger charge is -2.29. The molecule has 102 valence electrons. The molecule has 0 spiro atoms. The molecule has 1 aromatic carbocycles. The molecule has 0 saturated heterocycles. The average Bonchev–Trinajstić information content (AvgIpc) is 2.92. The maximum absolute atomic E-state index is 12.5. The van der Waals surface area contributed by atoms with Crippen molar-refractivity contribution in [3.05, 3.63) is 48.0 Å². The molecular weight excluding hydrogens is 256 g/mol. The van der Waals surface area contributed by atoms with Gasteiger partial charge >= 0.3 is 0 Å². The Morgan fingerprint density at radius 3 is 2.90 bits per heavy atom. The van der Waals surface area contributed by atoms with E-state index >= 15 is 0 Å². The predicted molar refractivity (Wildman–Crippen MR) is 74.3 cm³/mol. The fraction of sp³-hybridized carbons (Fsp3) is 0.214. The van der Waals surface area contributed by atoms with Crippen LogP contribution in [0.4, 0.5) is 5.69 Å². The number of rotatable bonds is 1. The molecule has 0 fully saturated rings. The normalized spacial score (nSPS) is 16.2. The van der Waals surface area contributed by atoms with Gasteiger partial charge in [0.25, 0.3) is 5.91 Å². The minimum absolute atomic E-state index is 0.143. The van der Waals surface area contributed by atoms with Gasteiger partial charge in [0.1, 0.15) is 5.69 Å². The van der Waals surface area contributed by atoms with Crippen molar-refractivity contribution in [2.24, 2.45) is 12.2 Å². The second-order valence-corrected chi connectivity index (χ2v) is 4.70. The molecule has 0 bridgehead atoms. The third-order valence-electron chi connectivity index (χ3n) is 3.37. The number of aryl methyl sites for hydroxylation is 1. The van der Waals surface area contributed by atoms with Crippen molar-refractivity contribution >= 4 is 17.3 Å². The highest BCUT2D eigenvalue weighted by atomic mass is 16.4. The number of hydrogen-bond donors (Lipinski definition) is 1. The molecule has 1 aromatic heterocycles. The maximum Gasteiger partial charge on any atom is 0.278 e. The summed E-state index contributed by atoms with van der Waals surface area (Å²) in [7, 11) is 1.82. The summed E-state index contributed by atoms with van der Waals surface area (Å²) < 4.78 is 1.74. The van der Waals surface area contributed by atoms with Crippen LogP contribution >= 0.6 is 0 Å². The summed E-state index contributed by atoms with van der Waals surface area (Å²) in [6.07, 6.45) is 3.82. The monoisotopic (exact) mass is 270 g/mol. The van der Waals surface area contributed by atoms with Gasteiger partial charge in [0, 0.05) is 31.8 Å². The summed E-state index contributed by atoms with van der Waals surface area (Å²) >= 11 is 0. The van der Waals surface area contributed by atoms with Crippen LogP contribution in [-0.2, 0) is 7.05 Å². The summed E-state index contributed by atoms with van der Waals surface area (Å²) in [4.78, 5) is 18.3. The molecule has 1 amide bonds. The van der Waals surface area contributed by atoms with Gasteiger partial charge in [-0.1, -0.05) is 23.4 Å². The molecule has 2 aromatic rings. The Morgan fingerprint density at radius 2 is 2.20 bits per heavy atom. The fourth-order valence-corrected chi connectivity index (χ4v) is 2.40. The largest absolute Gasteiger partial charge is 0.411 e. The number of nitrogens with zero attached hydrogens (tertiary/aromatic N) is 4. The lowest BCUT2D eigenvalue weighted by molar-refractivity contribution is 0.0982. The first kappa shape index (κ1) is 12.4. The third-order valence-corrected chi connectivity index (χ3v) is 3.37. The SMILES string of the molecule is Cn1cnc(C(=O)N2CC/C(=N/O)c3ccccc32)c1. The number of para-hydroxylation sites is 1. The van der Waals surface area contributed by atoms with E-state index in [-0.39, 0.29) is 5.91 Å². The number of carbonyl (C=O) groups excluding carboxylic acids is 1. The minimum Gasteiger partial charge on any atom is -0.411 e. The van der Waals surface area contributed by atoms with Crippen molar-refractivity contribution in [3.63, 3.8) is 0 Å². The van der Waals surface area contributed by atoms with Gasteiger partial charge in [0.05, 0.1) is 17.7 Å². The van der Waals surface area contributed by atoms with E-state index in [1.54, 1.807) is 22.0 Å². The number of fused-ring (bicyclic) bond motifs is 1. The fourth-order valence-electron chi connectivity index (χ4n) is 2.40. The molecular formula is C14H14N4O2. The molecule has 6 nitrogen and oxygen atoms in total. The van der Waals surface area contributed by atoms with Gasteiger partial charge in [-0.05, 0) is 6.07 Å². The molecule has 20 heavy (non-hydrogen) atoms. The first-order valence-electron chi connectivity index (χ1n) is 6.31. The molecule has 0 saturated carbocycles. The summed E-state index contributed by atoms with van der Waals surface area (Å²) in [6.45, 7) is 0.478. The van der Waals surface area contributed by atoms with Crippen molar-refractivity contribution in [1.82, 2.24) is 9.55 Å². The van der Waals surface area contributed by atoms with Crippen LogP contribution < -0.4 is 4.90 Å². The first-order chi connectivity index (χ1) is 9.70. The Balaban J connectivity index is 2.02. The summed E-state index contributed by atoms with van der Waals surface area (Å²) in [6, 6.07) is 7.42. The highest BCUT2D eigenvalue weighted by molar-refractivity contribution is 6.14. The van der Waals surface area contributed by atoms with Crippen molar-refractivity contribution in [3.8, 4) is 0 Å². The number of oxime groups is 1. The van der Waals surface area contributed by atoms with E-state index < -0.39 is 0 Å². The van der Waals surface area contributed by atoms with Crippen molar-refractivity contribution in [2.75, 3.05) is 11.4 Å². The van der Waals surface area contributed by atoms with Crippen LogP contribution in [0.15, 0.2) is 41.9 Å². The number of amides is 1. The van der Waals surface area contributed by atoms with Crippen molar-refractivity contribution in [1.29, 1.82) is 0 Å². The summed E-state index contributed by atoms with van der Waals surface area (Å²) in [5.74, 6) is -0.143. The van der Waals surface area contributed by atoms with Crippen LogP contribution in [0.3, 0.4) is 0 Å². The zero-order valence-electron chi connectivity index (χ0n) is 11.0. The zero-order valence-corrected chi connectivity index (χ0v) is 11.0. The standard InChI is InChI=1S/C14H14N4O2/c1-17-8-12(15-9-17)14(19)18-7-6-11(16-20)10-4-2-3-5-13(10)18/h2-5,8-9,20H,6-7H2,1H3/b16-11-. The van der Waals surface area contributed by atoms with Gasteiger partial charge in [0.2, 0.25) is 0 Å². The highest BCUT2D eigenvalue weighted by Crippen LogP contribution is 2.28. The van der Waals surface area contributed by atoms with Gasteiger partial charge < -0.3 is 14.7 Å². The van der Waals surface area contributed by atoms with E-state index in [1.165, 1.54) is 0 Å². The van der Waals surface area contributed by atoms with Crippen LogP contribution in [0.5, 0.6) is 0 Å². The van der Waals surface area contributed by atoms with E-state index in [0.717, 1.165) is 11.3 Å². The van der Waals surface area contributed by atoms with E-state index in [4.69, 9.17) is 5.21 Å². The number of aromatic nitrogens is 2. The average molecular weight is 270 g/mol. The van der Waals surface area contributed by atoms with Crippen molar-refractivity contribution in [2.45, 2.75) is 6.42 Å². The Bertz CT molecular complexity index is 690. The van der Waals surface area contributed by atoms with Crippen LogP contribution in [-0.4, -0.2) is 32.9 Å². The van der Waals surface area contributed by atoms with Crippen LogP contribution in [0.25, 0.3) is 0 Å². The molecule has 2 heterocycles. The van der Waals surface area contributed by atoms with Crippen LogP contribution in [0.2, 0.25) is 0 Å². The highest BCUT2D eigenvalue weighted by Gasteiger charge is 2.27. The Labute approximate surface area is 116 Å². The number of carbonyl (C=O) groups is 1. The van der Waals surface area contributed by atoms with E-state index in [1.807, 2.05) is 31.3 Å². The minimum atomic E-state index is -0.143. The number of anilines is 1.